The molecule has 0 saturated carbocycles. The van der Waals surface area contributed by atoms with Crippen molar-refractivity contribution in [2.45, 2.75) is 0 Å². The first-order valence-corrected chi connectivity index (χ1v) is 3.92. The molecule has 2 N–H and O–H groups in total. The van der Waals surface area contributed by atoms with Crippen LogP contribution in [0.4, 0.5) is 0 Å². The molecule has 0 atom stereocenters. The van der Waals surface area contributed by atoms with Gasteiger partial charge in [0.2, 0.25) is 0 Å². The van der Waals surface area contributed by atoms with E-state index in [1.807, 2.05) is 0 Å². The fourth-order valence-electron chi connectivity index (χ4n) is 0.817. The number of hydrogen-bond donors (Lipinski definition) is 2. The summed E-state index contributed by atoms with van der Waals surface area (Å²) < 4.78 is 0. The Balaban J connectivity index is 2.40. The number of nitrogens with zero attached hydrogens (tertiary/aromatic N) is 2. The molecule has 74 valence electrons. The van der Waals surface area contributed by atoms with Crippen LogP contribution in [0.1, 0.15) is 10.5 Å². The van der Waals surface area contributed by atoms with Crippen LogP contribution in [0.25, 0.3) is 0 Å². The average molecular weight is 195 g/mol. The first-order valence-electron chi connectivity index (χ1n) is 3.92. The van der Waals surface area contributed by atoms with E-state index >= 15 is 0 Å². The molecule has 0 aromatic carbocycles. The number of nitrogens with one attached hydrogen (secondary N) is 1. The van der Waals surface area contributed by atoms with Crippen molar-refractivity contribution in [3.8, 4) is 0 Å². The van der Waals surface area contributed by atoms with Crippen LogP contribution in [0.3, 0.4) is 0 Å². The number of hydrogen-bond acceptors (Lipinski definition) is 5. The van der Waals surface area contributed by atoms with E-state index in [4.69, 9.17) is 5.11 Å². The van der Waals surface area contributed by atoms with Crippen molar-refractivity contribution in [1.29, 1.82) is 0 Å². The third-order valence-corrected chi connectivity index (χ3v) is 1.41. The molecule has 6 nitrogen and oxygen atoms in total. The quantitative estimate of drug-likeness (QED) is 0.605. The van der Waals surface area contributed by atoms with Gasteiger partial charge in [0, 0.05) is 12.4 Å². The summed E-state index contributed by atoms with van der Waals surface area (Å²) in [4.78, 5) is 28.9. The summed E-state index contributed by atoms with van der Waals surface area (Å²) in [7, 11) is 0. The lowest BCUT2D eigenvalue weighted by molar-refractivity contribution is -0.135. The molecule has 1 aromatic rings. The molecule has 1 aromatic heterocycles. The topological polar surface area (TPSA) is 92.2 Å². The van der Waals surface area contributed by atoms with Crippen molar-refractivity contribution in [1.82, 2.24) is 15.3 Å². The molecule has 1 heterocycles. The maximum absolute atomic E-state index is 11.3. The molecule has 6 heteroatoms. The van der Waals surface area contributed by atoms with Gasteiger partial charge in [-0.3, -0.25) is 19.9 Å². The van der Waals surface area contributed by atoms with Crippen LogP contribution >= 0.6 is 0 Å². The van der Waals surface area contributed by atoms with Crippen LogP contribution in [0.5, 0.6) is 0 Å². The third kappa shape index (κ3) is 3.28. The second-order valence-corrected chi connectivity index (χ2v) is 2.51. The van der Waals surface area contributed by atoms with Crippen LogP contribution in [0.15, 0.2) is 18.6 Å². The van der Waals surface area contributed by atoms with E-state index in [1.54, 1.807) is 0 Å². The molecule has 0 aliphatic heterocycles. The molecule has 0 bridgehead atoms. The number of rotatable bonds is 5. The zero-order valence-electron chi connectivity index (χ0n) is 7.30. The van der Waals surface area contributed by atoms with Crippen LogP contribution in [0, 0.1) is 0 Å². The molecule has 0 aliphatic rings. The standard InChI is InChI=1S/C8H9N3O3/c12-7(4-10-5-8(13)14)6-3-9-1-2-11-6/h1-3,10H,4-5H2,(H,13,14). The van der Waals surface area contributed by atoms with Gasteiger partial charge in [-0.05, 0) is 0 Å². The van der Waals surface area contributed by atoms with E-state index in [-0.39, 0.29) is 24.6 Å². The average Bonchev–Trinajstić information content (AvgIpc) is 2.18. The van der Waals surface area contributed by atoms with Crippen molar-refractivity contribution < 1.29 is 14.7 Å². The monoisotopic (exact) mass is 195 g/mol. The van der Waals surface area contributed by atoms with Gasteiger partial charge in [-0.15, -0.1) is 0 Å². The SMILES string of the molecule is O=C(O)CNCC(=O)c1cnccn1. The molecule has 0 unspecified atom stereocenters. The molecule has 14 heavy (non-hydrogen) atoms. The van der Waals surface area contributed by atoms with Crippen LogP contribution < -0.4 is 5.32 Å². The van der Waals surface area contributed by atoms with Crippen molar-refractivity contribution in [3.63, 3.8) is 0 Å². The van der Waals surface area contributed by atoms with Crippen LogP contribution in [-0.4, -0.2) is 39.9 Å². The van der Waals surface area contributed by atoms with E-state index in [9.17, 15) is 9.59 Å². The number of aromatic nitrogens is 2. The maximum Gasteiger partial charge on any atom is 0.317 e. The Labute approximate surface area is 80.0 Å². The maximum atomic E-state index is 11.3. The lowest BCUT2D eigenvalue weighted by atomic mass is 10.3. The lowest BCUT2D eigenvalue weighted by Crippen LogP contribution is -2.28. The van der Waals surface area contributed by atoms with Crippen LogP contribution in [0.2, 0.25) is 0 Å². The molecule has 1 rings (SSSR count). The summed E-state index contributed by atoms with van der Waals surface area (Å²) in [6, 6.07) is 0. The van der Waals surface area contributed by atoms with E-state index in [0.717, 1.165) is 0 Å². The highest BCUT2D eigenvalue weighted by Crippen LogP contribution is 1.90. The van der Waals surface area contributed by atoms with Crippen molar-refractivity contribution in [2.75, 3.05) is 13.1 Å². The van der Waals surface area contributed by atoms with Crippen molar-refractivity contribution in [2.24, 2.45) is 0 Å². The Morgan fingerprint density at radius 2 is 2.14 bits per heavy atom. The number of carboxylic acids is 1. The summed E-state index contributed by atoms with van der Waals surface area (Å²) >= 11 is 0. The summed E-state index contributed by atoms with van der Waals surface area (Å²) in [6.45, 7) is -0.295. The summed E-state index contributed by atoms with van der Waals surface area (Å²) in [5.74, 6) is -1.28. The van der Waals surface area contributed by atoms with Crippen LogP contribution in [-0.2, 0) is 4.79 Å². The van der Waals surface area contributed by atoms with Gasteiger partial charge in [0.1, 0.15) is 5.69 Å². The van der Waals surface area contributed by atoms with Gasteiger partial charge in [0.15, 0.2) is 5.78 Å². The number of ketones is 1. The molecule has 0 aliphatic carbocycles. The Kier molecular flexibility index (Phi) is 3.69. The first-order chi connectivity index (χ1) is 6.70. The molecular weight excluding hydrogens is 186 g/mol. The second kappa shape index (κ2) is 5.03. The highest BCUT2D eigenvalue weighted by molar-refractivity contribution is 5.95. The first kappa shape index (κ1) is 10.3. The number of carbonyl (C=O) groups is 2. The number of carboxylic acid groups (broad SMARTS) is 1. The van der Waals surface area contributed by atoms with Gasteiger partial charge in [-0.2, -0.15) is 0 Å². The molecule has 0 saturated heterocycles. The number of carbonyl (C=O) groups excluding carboxylic acids is 1. The predicted molar refractivity (Wildman–Crippen MR) is 46.9 cm³/mol. The van der Waals surface area contributed by atoms with Gasteiger partial charge < -0.3 is 5.11 Å². The minimum Gasteiger partial charge on any atom is -0.480 e. The van der Waals surface area contributed by atoms with Gasteiger partial charge in [-0.25, -0.2) is 4.98 Å². The lowest BCUT2D eigenvalue weighted by Gasteiger charge is -1.99. The minimum absolute atomic E-state index is 0.0506. The van der Waals surface area contributed by atoms with Gasteiger partial charge in [0.25, 0.3) is 0 Å². The Bertz CT molecular complexity index is 326. The second-order valence-electron chi connectivity index (χ2n) is 2.51. The normalized spacial score (nSPS) is 9.71. The van der Waals surface area contributed by atoms with Crippen molar-refractivity contribution >= 4 is 11.8 Å². The summed E-state index contributed by atoms with van der Waals surface area (Å²) in [5.41, 5.74) is 0.227. The fraction of sp³-hybridized carbons (Fsp3) is 0.250. The molecule has 0 radical (unpaired) electrons. The van der Waals surface area contributed by atoms with E-state index in [2.05, 4.69) is 15.3 Å². The third-order valence-electron chi connectivity index (χ3n) is 1.41. The highest BCUT2D eigenvalue weighted by atomic mass is 16.4. The molecular formula is C8H9N3O3. The Hall–Kier alpha value is -1.82. The Morgan fingerprint density at radius 3 is 2.71 bits per heavy atom. The fourth-order valence-corrected chi connectivity index (χ4v) is 0.817. The minimum atomic E-state index is -1.00. The van der Waals surface area contributed by atoms with Gasteiger partial charge in [-0.1, -0.05) is 0 Å². The number of Topliss-reactive ketones (excluding diaryl/α,β-unsaturated/α-hetero) is 1. The van der Waals surface area contributed by atoms with Gasteiger partial charge >= 0.3 is 5.97 Å². The summed E-state index contributed by atoms with van der Waals surface area (Å²) in [6.07, 6.45) is 4.21. The van der Waals surface area contributed by atoms with E-state index < -0.39 is 5.97 Å². The molecule has 0 amide bonds. The van der Waals surface area contributed by atoms with E-state index in [0.29, 0.717) is 0 Å². The predicted octanol–water partition coefficient (Wildman–Crippen LogP) is -0.667. The highest BCUT2D eigenvalue weighted by Gasteiger charge is 2.06. The number of aliphatic carboxylic acids is 1. The Morgan fingerprint density at radius 1 is 1.36 bits per heavy atom. The summed E-state index contributed by atoms with van der Waals surface area (Å²) in [5, 5.41) is 10.8. The smallest absolute Gasteiger partial charge is 0.317 e. The zero-order chi connectivity index (χ0) is 10.4. The van der Waals surface area contributed by atoms with Crippen molar-refractivity contribution in [3.05, 3.63) is 24.3 Å². The largest absolute Gasteiger partial charge is 0.480 e. The van der Waals surface area contributed by atoms with E-state index in [1.165, 1.54) is 18.6 Å². The zero-order valence-corrected chi connectivity index (χ0v) is 7.30. The molecule has 0 fully saturated rings. The molecule has 0 spiro atoms. The van der Waals surface area contributed by atoms with Gasteiger partial charge in [0.05, 0.1) is 19.3 Å².